The standard InChI is InChI=1S/C26H32O2/c1-25-12-10-20(27)16-19(25)8-9-21-22(25)11-13-26(2)23(21)15-18(24(26)28)14-17-6-4-3-5-7-17/h3-8,14,20-23,27H,9-13,15-16H2,1-2H3/b18-14+/t20-,21+,22+,23-,25-,26-/m0/s1. The van der Waals surface area contributed by atoms with Crippen molar-refractivity contribution in [3.05, 3.63) is 53.1 Å². The molecule has 0 aliphatic heterocycles. The Morgan fingerprint density at radius 3 is 2.54 bits per heavy atom. The zero-order chi connectivity index (χ0) is 19.5. The molecule has 28 heavy (non-hydrogen) atoms. The molecular weight excluding hydrogens is 344 g/mol. The van der Waals surface area contributed by atoms with Gasteiger partial charge < -0.3 is 5.11 Å². The Morgan fingerprint density at radius 1 is 1.00 bits per heavy atom. The second-order valence-electron chi connectivity index (χ2n) is 10.2. The molecule has 0 spiro atoms. The van der Waals surface area contributed by atoms with Gasteiger partial charge in [-0.25, -0.2) is 0 Å². The number of aliphatic hydroxyl groups is 1. The Morgan fingerprint density at radius 2 is 1.75 bits per heavy atom. The van der Waals surface area contributed by atoms with Crippen LogP contribution in [0.1, 0.15) is 64.4 Å². The number of aliphatic hydroxyl groups excluding tert-OH is 1. The maximum absolute atomic E-state index is 13.4. The van der Waals surface area contributed by atoms with Crippen LogP contribution >= 0.6 is 0 Å². The van der Waals surface area contributed by atoms with E-state index in [2.05, 4.69) is 38.1 Å². The van der Waals surface area contributed by atoms with Gasteiger partial charge in [-0.3, -0.25) is 4.79 Å². The molecule has 1 N–H and O–H groups in total. The van der Waals surface area contributed by atoms with E-state index in [1.807, 2.05) is 18.2 Å². The molecular formula is C26H32O2. The summed E-state index contributed by atoms with van der Waals surface area (Å²) in [6, 6.07) is 10.3. The largest absolute Gasteiger partial charge is 0.393 e. The van der Waals surface area contributed by atoms with Gasteiger partial charge >= 0.3 is 0 Å². The zero-order valence-electron chi connectivity index (χ0n) is 17.2. The predicted molar refractivity (Wildman–Crippen MR) is 113 cm³/mol. The van der Waals surface area contributed by atoms with Crippen LogP contribution in [0.5, 0.6) is 0 Å². The van der Waals surface area contributed by atoms with E-state index in [0.717, 1.165) is 56.1 Å². The second kappa shape index (κ2) is 6.42. The van der Waals surface area contributed by atoms with E-state index in [9.17, 15) is 9.90 Å². The number of carbonyl (C=O) groups excluding carboxylic acids is 1. The third kappa shape index (κ3) is 2.60. The lowest BCUT2D eigenvalue weighted by atomic mass is 9.48. The lowest BCUT2D eigenvalue weighted by Crippen LogP contribution is -2.50. The van der Waals surface area contributed by atoms with Crippen LogP contribution < -0.4 is 0 Å². The minimum Gasteiger partial charge on any atom is -0.393 e. The van der Waals surface area contributed by atoms with Crippen molar-refractivity contribution in [1.82, 2.24) is 0 Å². The Labute approximate surface area is 168 Å². The van der Waals surface area contributed by atoms with Crippen LogP contribution in [0.4, 0.5) is 0 Å². The first-order chi connectivity index (χ1) is 13.4. The fraction of sp³-hybridized carbons (Fsp3) is 0.577. The van der Waals surface area contributed by atoms with E-state index in [0.29, 0.717) is 23.5 Å². The van der Waals surface area contributed by atoms with E-state index in [1.54, 1.807) is 0 Å². The van der Waals surface area contributed by atoms with Crippen molar-refractivity contribution in [2.24, 2.45) is 28.6 Å². The van der Waals surface area contributed by atoms with E-state index in [-0.39, 0.29) is 16.9 Å². The Bertz CT molecular complexity index is 850. The summed E-state index contributed by atoms with van der Waals surface area (Å²) in [5, 5.41) is 10.2. The Kier molecular flexibility index (Phi) is 4.21. The molecule has 1 aromatic carbocycles. The van der Waals surface area contributed by atoms with Crippen LogP contribution in [0, 0.1) is 28.6 Å². The molecule has 5 rings (SSSR count). The van der Waals surface area contributed by atoms with Crippen molar-refractivity contribution in [2.75, 3.05) is 0 Å². The van der Waals surface area contributed by atoms with Gasteiger partial charge in [0.2, 0.25) is 0 Å². The van der Waals surface area contributed by atoms with Gasteiger partial charge in [-0.15, -0.1) is 0 Å². The molecule has 1 aromatic rings. The van der Waals surface area contributed by atoms with Crippen molar-refractivity contribution in [3.63, 3.8) is 0 Å². The predicted octanol–water partition coefficient (Wildman–Crippen LogP) is 5.57. The molecule has 0 bridgehead atoms. The lowest BCUT2D eigenvalue weighted by molar-refractivity contribution is -0.130. The third-order valence-electron chi connectivity index (χ3n) is 8.86. The summed E-state index contributed by atoms with van der Waals surface area (Å²) in [6.45, 7) is 4.69. The second-order valence-corrected chi connectivity index (χ2v) is 10.2. The highest BCUT2D eigenvalue weighted by molar-refractivity contribution is 6.05. The number of benzene rings is 1. The van der Waals surface area contributed by atoms with Gasteiger partial charge in [0, 0.05) is 5.41 Å². The molecule has 148 valence electrons. The van der Waals surface area contributed by atoms with Gasteiger partial charge in [-0.05, 0) is 85.3 Å². The molecule has 2 heteroatoms. The molecule has 3 fully saturated rings. The molecule has 4 aliphatic carbocycles. The van der Waals surface area contributed by atoms with Crippen LogP contribution in [-0.2, 0) is 4.79 Å². The maximum atomic E-state index is 13.4. The van der Waals surface area contributed by atoms with Gasteiger partial charge in [0.1, 0.15) is 0 Å². The number of Topliss-reactive ketones (excluding diaryl/α,β-unsaturated/α-hetero) is 1. The van der Waals surface area contributed by atoms with Crippen LogP contribution in [0.3, 0.4) is 0 Å². The fourth-order valence-electron chi connectivity index (χ4n) is 7.19. The molecule has 0 unspecified atom stereocenters. The molecule has 0 aromatic heterocycles. The van der Waals surface area contributed by atoms with Gasteiger partial charge in [0.05, 0.1) is 6.10 Å². The number of fused-ring (bicyclic) bond motifs is 5. The van der Waals surface area contributed by atoms with Crippen molar-refractivity contribution >= 4 is 11.9 Å². The summed E-state index contributed by atoms with van der Waals surface area (Å²) < 4.78 is 0. The third-order valence-corrected chi connectivity index (χ3v) is 8.86. The summed E-state index contributed by atoms with van der Waals surface area (Å²) >= 11 is 0. The highest BCUT2D eigenvalue weighted by atomic mass is 16.3. The fourth-order valence-corrected chi connectivity index (χ4v) is 7.19. The Balaban J connectivity index is 1.48. The normalized spacial score (nSPS) is 43.9. The van der Waals surface area contributed by atoms with Crippen molar-refractivity contribution in [1.29, 1.82) is 0 Å². The first-order valence-electron chi connectivity index (χ1n) is 11.1. The van der Waals surface area contributed by atoms with Crippen LogP contribution in [-0.4, -0.2) is 17.0 Å². The van der Waals surface area contributed by atoms with Gasteiger partial charge in [0.25, 0.3) is 0 Å². The Hall–Kier alpha value is -1.67. The van der Waals surface area contributed by atoms with E-state index < -0.39 is 0 Å². The number of hydrogen-bond donors (Lipinski definition) is 1. The van der Waals surface area contributed by atoms with Crippen LogP contribution in [0.2, 0.25) is 0 Å². The van der Waals surface area contributed by atoms with Crippen molar-refractivity contribution < 1.29 is 9.90 Å². The van der Waals surface area contributed by atoms with Gasteiger partial charge in [0.15, 0.2) is 5.78 Å². The summed E-state index contributed by atoms with van der Waals surface area (Å²) in [6.07, 6.45) is 11.5. The number of hydrogen-bond acceptors (Lipinski definition) is 2. The number of carbonyl (C=O) groups is 1. The molecule has 6 atom stereocenters. The van der Waals surface area contributed by atoms with Crippen molar-refractivity contribution in [3.8, 4) is 0 Å². The minimum absolute atomic E-state index is 0.154. The monoisotopic (exact) mass is 376 g/mol. The summed E-state index contributed by atoms with van der Waals surface area (Å²) in [5.41, 5.74) is 3.73. The number of ketones is 1. The smallest absolute Gasteiger partial charge is 0.165 e. The average molecular weight is 377 g/mol. The number of rotatable bonds is 1. The molecule has 0 radical (unpaired) electrons. The summed E-state index contributed by atoms with van der Waals surface area (Å²) in [7, 11) is 0. The molecule has 3 saturated carbocycles. The minimum atomic E-state index is -0.183. The van der Waals surface area contributed by atoms with E-state index >= 15 is 0 Å². The first kappa shape index (κ1) is 18.4. The zero-order valence-corrected chi connectivity index (χ0v) is 17.2. The molecule has 0 amide bonds. The van der Waals surface area contributed by atoms with E-state index in [4.69, 9.17) is 0 Å². The quantitative estimate of drug-likeness (QED) is 0.514. The maximum Gasteiger partial charge on any atom is 0.165 e. The lowest BCUT2D eigenvalue weighted by Gasteiger charge is -2.56. The van der Waals surface area contributed by atoms with E-state index in [1.165, 1.54) is 5.57 Å². The topological polar surface area (TPSA) is 37.3 Å². The first-order valence-corrected chi connectivity index (χ1v) is 11.1. The number of allylic oxidation sites excluding steroid dienone is 2. The molecule has 4 aliphatic rings. The molecule has 0 saturated heterocycles. The summed E-state index contributed by atoms with van der Waals surface area (Å²) in [4.78, 5) is 13.4. The molecule has 2 nitrogen and oxygen atoms in total. The average Bonchev–Trinajstić information content (AvgIpc) is 2.94. The van der Waals surface area contributed by atoms with Crippen LogP contribution in [0.15, 0.2) is 47.6 Å². The molecule has 0 heterocycles. The van der Waals surface area contributed by atoms with Crippen LogP contribution in [0.25, 0.3) is 6.08 Å². The SMILES string of the molecule is C[C@]12CC[C@H](O)CC1=CC[C@@H]1[C@H]2CC[C@]2(C)C(=O)/C(=C/c3ccccc3)C[C@@H]12. The highest BCUT2D eigenvalue weighted by Gasteiger charge is 2.59. The summed E-state index contributed by atoms with van der Waals surface area (Å²) in [5.74, 6) is 2.14. The highest BCUT2D eigenvalue weighted by Crippen LogP contribution is 2.64. The van der Waals surface area contributed by atoms with Gasteiger partial charge in [-0.1, -0.05) is 55.8 Å². The van der Waals surface area contributed by atoms with Crippen molar-refractivity contribution in [2.45, 2.75) is 64.9 Å². The van der Waals surface area contributed by atoms with Gasteiger partial charge in [-0.2, -0.15) is 0 Å².